The van der Waals surface area contributed by atoms with E-state index in [1.807, 2.05) is 32.0 Å². The molecule has 1 saturated heterocycles. The minimum atomic E-state index is -3.52. The van der Waals surface area contributed by atoms with Crippen LogP contribution in [0.3, 0.4) is 0 Å². The summed E-state index contributed by atoms with van der Waals surface area (Å²) in [6.45, 7) is 6.43. The average molecular weight is 333 g/mol. The number of hydrogen-bond acceptors (Lipinski definition) is 3. The second-order valence-corrected chi connectivity index (χ2v) is 7.82. The average Bonchev–Trinajstić information content (AvgIpc) is 2.38. The number of rotatable bonds is 4. The zero-order chi connectivity index (χ0) is 15.7. The molecule has 1 aliphatic heterocycles. The van der Waals surface area contributed by atoms with Crippen LogP contribution in [-0.2, 0) is 14.9 Å². The van der Waals surface area contributed by atoms with Crippen molar-refractivity contribution in [3.8, 4) is 0 Å². The minimum absolute atomic E-state index is 0.267. The van der Waals surface area contributed by atoms with Gasteiger partial charge in [-0.25, -0.2) is 4.72 Å². The van der Waals surface area contributed by atoms with Crippen LogP contribution in [0.25, 0.3) is 0 Å². The molecule has 118 valence electrons. The van der Waals surface area contributed by atoms with Crippen molar-refractivity contribution in [2.75, 3.05) is 19.7 Å². The summed E-state index contributed by atoms with van der Waals surface area (Å²) >= 11 is 6.00. The Morgan fingerprint density at radius 3 is 2.81 bits per heavy atom. The van der Waals surface area contributed by atoms with Gasteiger partial charge < -0.3 is 4.74 Å². The van der Waals surface area contributed by atoms with Crippen LogP contribution in [0, 0.1) is 0 Å². The summed E-state index contributed by atoms with van der Waals surface area (Å²) < 4.78 is 34.6. The maximum absolute atomic E-state index is 12.4. The lowest BCUT2D eigenvalue weighted by molar-refractivity contribution is -0.0659. The van der Waals surface area contributed by atoms with Gasteiger partial charge in [0.15, 0.2) is 0 Å². The third kappa shape index (κ3) is 3.76. The summed E-state index contributed by atoms with van der Waals surface area (Å²) in [5, 5.41) is 0.613. The fraction of sp³-hybridized carbons (Fsp3) is 0.571. The molecule has 0 bridgehead atoms. The zero-order valence-corrected chi connectivity index (χ0v) is 14.0. The van der Waals surface area contributed by atoms with Gasteiger partial charge in [-0.15, -0.1) is 0 Å². The Balaban J connectivity index is 2.28. The van der Waals surface area contributed by atoms with Crippen molar-refractivity contribution in [3.05, 3.63) is 34.9 Å². The molecule has 1 unspecified atom stereocenters. The molecule has 1 fully saturated rings. The van der Waals surface area contributed by atoms with Gasteiger partial charge in [-0.1, -0.05) is 30.7 Å². The lowest BCUT2D eigenvalue weighted by Gasteiger charge is -2.44. The number of hydrogen-bond donors (Lipinski definition) is 1. The minimum Gasteiger partial charge on any atom is -0.370 e. The first kappa shape index (κ1) is 16.7. The lowest BCUT2D eigenvalue weighted by atomic mass is 10.0. The number of nitrogens with zero attached hydrogens (tertiary/aromatic N) is 1. The van der Waals surface area contributed by atoms with Crippen molar-refractivity contribution in [1.82, 2.24) is 9.03 Å². The van der Waals surface area contributed by atoms with E-state index in [-0.39, 0.29) is 12.6 Å². The molecule has 21 heavy (non-hydrogen) atoms. The highest BCUT2D eigenvalue weighted by Gasteiger charge is 2.42. The van der Waals surface area contributed by atoms with Crippen LogP contribution in [0.2, 0.25) is 5.02 Å². The molecule has 0 aromatic heterocycles. The summed E-state index contributed by atoms with van der Waals surface area (Å²) in [7, 11) is -3.52. The van der Waals surface area contributed by atoms with Gasteiger partial charge >= 0.3 is 0 Å². The second-order valence-electron chi connectivity index (χ2n) is 5.70. The smallest absolute Gasteiger partial charge is 0.280 e. The van der Waals surface area contributed by atoms with Crippen LogP contribution in [0.15, 0.2) is 24.3 Å². The van der Waals surface area contributed by atoms with Gasteiger partial charge in [0.1, 0.15) is 0 Å². The topological polar surface area (TPSA) is 58.6 Å². The van der Waals surface area contributed by atoms with Crippen LogP contribution in [-0.4, -0.2) is 38.0 Å². The molecule has 2 rings (SSSR count). The van der Waals surface area contributed by atoms with E-state index in [0.29, 0.717) is 18.2 Å². The number of nitrogens with one attached hydrogen (secondary N) is 1. The van der Waals surface area contributed by atoms with Gasteiger partial charge in [0, 0.05) is 18.1 Å². The molecule has 0 amide bonds. The predicted molar refractivity (Wildman–Crippen MR) is 83.5 cm³/mol. The number of halogens is 1. The Labute approximate surface area is 131 Å². The third-order valence-electron chi connectivity index (χ3n) is 3.48. The van der Waals surface area contributed by atoms with E-state index < -0.39 is 15.7 Å². The summed E-state index contributed by atoms with van der Waals surface area (Å²) in [6, 6.07) is 7.32. The first-order valence-corrected chi connectivity index (χ1v) is 8.72. The maximum Gasteiger partial charge on any atom is 0.280 e. The number of morpholine rings is 1. The Hall–Kier alpha value is -0.660. The van der Waals surface area contributed by atoms with Crippen LogP contribution in [0.1, 0.15) is 32.4 Å². The van der Waals surface area contributed by atoms with Crippen LogP contribution >= 0.6 is 11.6 Å². The van der Waals surface area contributed by atoms with Crippen molar-refractivity contribution in [2.45, 2.75) is 32.4 Å². The molecule has 0 spiro atoms. The molecular weight excluding hydrogens is 312 g/mol. The Kier molecular flexibility index (Phi) is 4.95. The van der Waals surface area contributed by atoms with Gasteiger partial charge in [-0.3, -0.25) is 0 Å². The van der Waals surface area contributed by atoms with E-state index in [1.54, 1.807) is 13.0 Å². The van der Waals surface area contributed by atoms with Crippen LogP contribution in [0.4, 0.5) is 0 Å². The molecule has 1 heterocycles. The summed E-state index contributed by atoms with van der Waals surface area (Å²) in [4.78, 5) is 0. The van der Waals surface area contributed by atoms with Crippen LogP contribution < -0.4 is 4.72 Å². The van der Waals surface area contributed by atoms with Gasteiger partial charge in [0.2, 0.25) is 0 Å². The van der Waals surface area contributed by atoms with E-state index in [0.717, 1.165) is 5.56 Å². The molecule has 0 saturated carbocycles. The fourth-order valence-corrected chi connectivity index (χ4v) is 4.17. The van der Waals surface area contributed by atoms with E-state index in [1.165, 1.54) is 4.31 Å². The van der Waals surface area contributed by atoms with E-state index >= 15 is 0 Å². The number of ether oxygens (including phenoxy) is 1. The molecule has 0 aliphatic carbocycles. The van der Waals surface area contributed by atoms with E-state index in [4.69, 9.17) is 16.3 Å². The highest BCUT2D eigenvalue weighted by molar-refractivity contribution is 7.87. The SMILES string of the molecule is CCNS(=O)(=O)N1CC(c2cccc(Cl)c2)OCC1(C)C. The zero-order valence-electron chi connectivity index (χ0n) is 12.5. The van der Waals surface area contributed by atoms with Crippen molar-refractivity contribution in [1.29, 1.82) is 0 Å². The van der Waals surface area contributed by atoms with Gasteiger partial charge in [0.05, 0.1) is 18.2 Å². The lowest BCUT2D eigenvalue weighted by Crippen LogP contribution is -2.58. The predicted octanol–water partition coefficient (Wildman–Crippen LogP) is 2.35. The molecular formula is C14H21ClN2O3S. The van der Waals surface area contributed by atoms with Gasteiger partial charge in [-0.2, -0.15) is 12.7 Å². The molecule has 1 N–H and O–H groups in total. The molecule has 1 aromatic carbocycles. The van der Waals surface area contributed by atoms with Gasteiger partial charge in [-0.05, 0) is 31.5 Å². The Morgan fingerprint density at radius 2 is 2.19 bits per heavy atom. The molecule has 5 nitrogen and oxygen atoms in total. The van der Waals surface area contributed by atoms with Crippen molar-refractivity contribution in [3.63, 3.8) is 0 Å². The summed E-state index contributed by atoms with van der Waals surface area (Å²) in [5.41, 5.74) is 0.297. The van der Waals surface area contributed by atoms with E-state index in [2.05, 4.69) is 4.72 Å². The summed E-state index contributed by atoms with van der Waals surface area (Å²) in [6.07, 6.45) is -0.315. The highest BCUT2D eigenvalue weighted by Crippen LogP contribution is 2.32. The molecule has 1 aliphatic rings. The van der Waals surface area contributed by atoms with Crippen molar-refractivity contribution in [2.24, 2.45) is 0 Å². The standard InChI is InChI=1S/C14H21ClN2O3S/c1-4-16-21(18,19)17-9-13(20-10-14(17,2)3)11-6-5-7-12(15)8-11/h5-8,13,16H,4,9-10H2,1-3H3. The maximum atomic E-state index is 12.4. The first-order chi connectivity index (χ1) is 9.76. The quantitative estimate of drug-likeness (QED) is 0.920. The molecule has 7 heteroatoms. The van der Waals surface area contributed by atoms with Crippen molar-refractivity contribution < 1.29 is 13.2 Å². The molecule has 0 radical (unpaired) electrons. The normalized spacial score (nSPS) is 23.1. The fourth-order valence-electron chi connectivity index (χ4n) is 2.42. The molecule has 1 atom stereocenters. The first-order valence-electron chi connectivity index (χ1n) is 6.91. The van der Waals surface area contributed by atoms with Crippen molar-refractivity contribution >= 4 is 21.8 Å². The molecule has 1 aromatic rings. The number of benzene rings is 1. The second kappa shape index (κ2) is 6.22. The third-order valence-corrected chi connectivity index (χ3v) is 5.59. The Bertz CT molecular complexity index is 604. The highest BCUT2D eigenvalue weighted by atomic mass is 35.5. The summed E-state index contributed by atoms with van der Waals surface area (Å²) in [5.74, 6) is 0. The van der Waals surface area contributed by atoms with Crippen LogP contribution in [0.5, 0.6) is 0 Å². The van der Waals surface area contributed by atoms with E-state index in [9.17, 15) is 8.42 Å². The Morgan fingerprint density at radius 1 is 1.48 bits per heavy atom. The van der Waals surface area contributed by atoms with Gasteiger partial charge in [0.25, 0.3) is 10.2 Å². The monoisotopic (exact) mass is 332 g/mol. The largest absolute Gasteiger partial charge is 0.370 e.